The largest absolute Gasteiger partial charge is 0.496 e. The zero-order chi connectivity index (χ0) is 28.8. The Morgan fingerprint density at radius 3 is 2.51 bits per heavy atom. The number of anilines is 1. The van der Waals surface area contributed by atoms with Crippen molar-refractivity contribution in [3.05, 3.63) is 74.5 Å². The van der Waals surface area contributed by atoms with Crippen molar-refractivity contribution in [3.63, 3.8) is 0 Å². The lowest BCUT2D eigenvalue weighted by Gasteiger charge is -2.37. The molecule has 3 aromatic carbocycles. The molecule has 0 N–H and O–H groups in total. The number of ether oxygens (including phenoxy) is 4. The number of methoxy groups -OCH3 is 2. The predicted molar refractivity (Wildman–Crippen MR) is 154 cm³/mol. The number of carbonyl (C=O) groups excluding carboxylic acids is 2. The molecule has 11 heteroatoms. The maximum atomic E-state index is 15.7. The second kappa shape index (κ2) is 11.2. The summed E-state index contributed by atoms with van der Waals surface area (Å²) in [5.41, 5.74) is 2.63. The van der Waals surface area contributed by atoms with Gasteiger partial charge in [0.2, 0.25) is 0 Å². The lowest BCUT2D eigenvalue weighted by atomic mass is 9.96. The summed E-state index contributed by atoms with van der Waals surface area (Å²) in [6, 6.07) is 11.8. The van der Waals surface area contributed by atoms with Crippen molar-refractivity contribution < 1.29 is 32.9 Å². The summed E-state index contributed by atoms with van der Waals surface area (Å²) in [4.78, 5) is 29.8. The Hall–Kier alpha value is -3.34. The number of morpholine rings is 1. The molecule has 2 unspecified atom stereocenters. The molecule has 41 heavy (non-hydrogen) atoms. The summed E-state index contributed by atoms with van der Waals surface area (Å²) < 4.78 is 38.5. The van der Waals surface area contributed by atoms with E-state index >= 15 is 4.39 Å². The number of carbonyl (C=O) groups is 2. The van der Waals surface area contributed by atoms with E-state index in [1.807, 2.05) is 6.07 Å². The van der Waals surface area contributed by atoms with Crippen LogP contribution in [0.2, 0.25) is 5.02 Å². The molecule has 0 aromatic heterocycles. The van der Waals surface area contributed by atoms with Crippen LogP contribution in [0.5, 0.6) is 11.5 Å². The van der Waals surface area contributed by atoms with Crippen LogP contribution in [-0.4, -0.2) is 63.0 Å². The molecule has 0 saturated carbocycles. The van der Waals surface area contributed by atoms with Gasteiger partial charge >= 0.3 is 5.97 Å². The molecule has 3 heterocycles. The smallest absolute Gasteiger partial charge is 0.340 e. The van der Waals surface area contributed by atoms with E-state index in [0.29, 0.717) is 51.6 Å². The minimum Gasteiger partial charge on any atom is -0.496 e. The number of para-hydroxylation sites is 1. The van der Waals surface area contributed by atoms with Gasteiger partial charge in [-0.25, -0.2) is 9.18 Å². The van der Waals surface area contributed by atoms with Crippen molar-refractivity contribution in [1.29, 1.82) is 0 Å². The molecule has 0 aliphatic carbocycles. The van der Waals surface area contributed by atoms with Gasteiger partial charge in [0.05, 0.1) is 72.4 Å². The molecule has 0 radical (unpaired) electrons. The second-order valence-electron chi connectivity index (χ2n) is 10.2. The quantitative estimate of drug-likeness (QED) is 0.312. The average Bonchev–Trinajstić information content (AvgIpc) is 3.22. The molecule has 2 bridgehead atoms. The summed E-state index contributed by atoms with van der Waals surface area (Å²) >= 11 is 9.76. The van der Waals surface area contributed by atoms with Crippen molar-refractivity contribution in [3.8, 4) is 22.6 Å². The highest BCUT2D eigenvalue weighted by atomic mass is 79.9. The topological polar surface area (TPSA) is 77.5 Å². The fourth-order valence-electron chi connectivity index (χ4n) is 5.91. The second-order valence-corrected chi connectivity index (χ2v) is 11.5. The highest BCUT2D eigenvalue weighted by Gasteiger charge is 2.40. The van der Waals surface area contributed by atoms with E-state index in [2.05, 4.69) is 20.8 Å². The molecule has 6 rings (SSSR count). The maximum absolute atomic E-state index is 15.7. The average molecular weight is 646 g/mol. The van der Waals surface area contributed by atoms with Crippen LogP contribution < -0.4 is 14.4 Å². The van der Waals surface area contributed by atoms with Crippen molar-refractivity contribution in [2.45, 2.75) is 31.5 Å². The molecule has 3 aromatic rings. The van der Waals surface area contributed by atoms with Crippen molar-refractivity contribution in [1.82, 2.24) is 4.90 Å². The number of hydrogen-bond acceptors (Lipinski definition) is 7. The van der Waals surface area contributed by atoms with Crippen molar-refractivity contribution in [2.75, 3.05) is 39.1 Å². The summed E-state index contributed by atoms with van der Waals surface area (Å²) in [6.45, 7) is 1.27. The van der Waals surface area contributed by atoms with Crippen LogP contribution >= 0.6 is 27.5 Å². The fraction of sp³-hybridized carbons (Fsp3) is 0.333. The number of esters is 1. The third-order valence-corrected chi connectivity index (χ3v) is 8.81. The Kier molecular flexibility index (Phi) is 7.56. The molecular weight excluding hydrogens is 619 g/mol. The number of rotatable bonds is 5. The number of fused-ring (bicyclic) bond motifs is 3. The number of hydrogen-bond donors (Lipinski definition) is 0. The van der Waals surface area contributed by atoms with Crippen LogP contribution in [0.4, 0.5) is 10.1 Å². The Morgan fingerprint density at radius 1 is 1.05 bits per heavy atom. The van der Waals surface area contributed by atoms with Gasteiger partial charge in [0.25, 0.3) is 5.91 Å². The lowest BCUT2D eigenvalue weighted by molar-refractivity contribution is 0.0515. The van der Waals surface area contributed by atoms with Crippen molar-refractivity contribution in [2.24, 2.45) is 0 Å². The summed E-state index contributed by atoms with van der Waals surface area (Å²) in [6.07, 6.45) is 1.86. The minimum absolute atomic E-state index is 0.0557. The highest BCUT2D eigenvalue weighted by Crippen LogP contribution is 2.43. The molecule has 2 atom stereocenters. The molecule has 2 saturated heterocycles. The predicted octanol–water partition coefficient (Wildman–Crippen LogP) is 6.06. The van der Waals surface area contributed by atoms with Gasteiger partial charge < -0.3 is 28.7 Å². The molecule has 3 aliphatic rings. The van der Waals surface area contributed by atoms with E-state index in [1.165, 1.54) is 25.2 Å². The molecule has 8 nitrogen and oxygen atoms in total. The maximum Gasteiger partial charge on any atom is 0.340 e. The molecule has 0 spiro atoms. The third-order valence-electron chi connectivity index (χ3n) is 7.88. The van der Waals surface area contributed by atoms with Gasteiger partial charge in [-0.1, -0.05) is 29.8 Å². The van der Waals surface area contributed by atoms with Gasteiger partial charge in [-0.3, -0.25) is 4.79 Å². The standard InChI is InChI=1S/C30H27BrClFN2O6/c1-38-27-10-21(24(32)11-23(27)31)29(36)34-12-16-4-3-5-19(28(16)41-15-34)20-9-26(22(8-25(20)33)30(37)39-2)35-17-6-7-18(35)14-40-13-17/h3-5,8-11,17-18H,6-7,12-15H2,1-2H3. The van der Waals surface area contributed by atoms with Gasteiger partial charge in [0.1, 0.15) is 17.3 Å². The molecule has 1 amide bonds. The first-order valence-corrected chi connectivity index (χ1v) is 14.3. The van der Waals surface area contributed by atoms with Gasteiger partial charge in [0, 0.05) is 16.7 Å². The van der Waals surface area contributed by atoms with E-state index in [-0.39, 0.29) is 47.4 Å². The van der Waals surface area contributed by atoms with E-state index < -0.39 is 11.8 Å². The normalized spacial score (nSPS) is 19.4. The number of benzene rings is 3. The number of amides is 1. The number of halogens is 3. The molecule has 214 valence electrons. The minimum atomic E-state index is -0.597. The monoisotopic (exact) mass is 644 g/mol. The SMILES string of the molecule is COC(=O)c1cc(F)c(-c2cccc3c2OCN(C(=O)c2cc(OC)c(Br)cc2Cl)C3)cc1N1C2CCC1COC2. The third kappa shape index (κ3) is 4.91. The van der Waals surface area contributed by atoms with Crippen LogP contribution in [-0.2, 0) is 16.0 Å². The molecular formula is C30H27BrClFN2O6. The van der Waals surface area contributed by atoms with E-state index in [0.717, 1.165) is 12.8 Å². The van der Waals surface area contributed by atoms with Crippen LogP contribution in [0.25, 0.3) is 11.1 Å². The zero-order valence-electron chi connectivity index (χ0n) is 22.4. The Morgan fingerprint density at radius 2 is 1.80 bits per heavy atom. The molecule has 2 fully saturated rings. The van der Waals surface area contributed by atoms with Gasteiger partial charge in [-0.05, 0) is 53.0 Å². The van der Waals surface area contributed by atoms with E-state index in [9.17, 15) is 9.59 Å². The Bertz CT molecular complexity index is 1540. The van der Waals surface area contributed by atoms with Crippen LogP contribution in [0.3, 0.4) is 0 Å². The van der Waals surface area contributed by atoms with Crippen LogP contribution in [0.1, 0.15) is 39.1 Å². The Labute approximate surface area is 250 Å². The van der Waals surface area contributed by atoms with Gasteiger partial charge in [0.15, 0.2) is 6.73 Å². The first-order valence-electron chi connectivity index (χ1n) is 13.2. The summed E-state index contributed by atoms with van der Waals surface area (Å²) in [5, 5.41) is 0.277. The Balaban J connectivity index is 1.36. The van der Waals surface area contributed by atoms with Crippen molar-refractivity contribution >= 4 is 45.1 Å². The zero-order valence-corrected chi connectivity index (χ0v) is 24.8. The first-order chi connectivity index (χ1) is 19.8. The number of nitrogens with zero attached hydrogens (tertiary/aromatic N) is 2. The summed E-state index contributed by atoms with van der Waals surface area (Å²) in [7, 11) is 2.80. The summed E-state index contributed by atoms with van der Waals surface area (Å²) in [5.74, 6) is -0.528. The fourth-order valence-corrected chi connectivity index (χ4v) is 6.79. The van der Waals surface area contributed by atoms with Crippen LogP contribution in [0, 0.1) is 5.82 Å². The van der Waals surface area contributed by atoms with E-state index in [4.69, 9.17) is 30.5 Å². The van der Waals surface area contributed by atoms with E-state index in [1.54, 1.807) is 30.3 Å². The lowest BCUT2D eigenvalue weighted by Crippen LogP contribution is -2.46. The van der Waals surface area contributed by atoms with Gasteiger partial charge in [-0.15, -0.1) is 0 Å². The first kappa shape index (κ1) is 27.8. The van der Waals surface area contributed by atoms with Gasteiger partial charge in [-0.2, -0.15) is 0 Å². The highest BCUT2D eigenvalue weighted by molar-refractivity contribution is 9.10. The van der Waals surface area contributed by atoms with Crippen LogP contribution in [0.15, 0.2) is 46.9 Å². The molecule has 3 aliphatic heterocycles.